The number of hydrazone groups is 1. The van der Waals surface area contributed by atoms with E-state index in [0.29, 0.717) is 11.3 Å². The molecule has 0 unspecified atom stereocenters. The molecular formula is C18H19N3O3. The zero-order valence-corrected chi connectivity index (χ0v) is 13.6. The molecule has 0 radical (unpaired) electrons. The molecule has 6 nitrogen and oxygen atoms in total. The third-order valence-corrected chi connectivity index (χ3v) is 3.50. The van der Waals surface area contributed by atoms with Crippen LogP contribution in [-0.2, 0) is 4.79 Å². The monoisotopic (exact) mass is 325 g/mol. The van der Waals surface area contributed by atoms with Crippen molar-refractivity contribution in [3.05, 3.63) is 65.0 Å². The van der Waals surface area contributed by atoms with E-state index in [1.54, 1.807) is 12.1 Å². The number of amides is 1. The first-order valence-corrected chi connectivity index (χ1v) is 7.53. The van der Waals surface area contributed by atoms with E-state index in [4.69, 9.17) is 5.11 Å². The van der Waals surface area contributed by atoms with Crippen LogP contribution in [0.2, 0.25) is 0 Å². The summed E-state index contributed by atoms with van der Waals surface area (Å²) in [6.07, 6.45) is 3.22. The van der Waals surface area contributed by atoms with Crippen LogP contribution in [0.15, 0.2) is 47.8 Å². The Bertz CT molecular complexity index is 770. The van der Waals surface area contributed by atoms with Gasteiger partial charge in [0.05, 0.1) is 12.1 Å². The van der Waals surface area contributed by atoms with Crippen LogP contribution in [0.25, 0.3) is 0 Å². The SMILES string of the molecule is Cc1ccc(/C(CCC(=O)O)=N\NC(=O)c2ccncc2)c(C)c1. The Morgan fingerprint density at radius 3 is 2.46 bits per heavy atom. The fraction of sp³-hybridized carbons (Fsp3) is 0.222. The van der Waals surface area contributed by atoms with Crippen LogP contribution in [0, 0.1) is 13.8 Å². The molecule has 24 heavy (non-hydrogen) atoms. The number of hydrogen-bond acceptors (Lipinski definition) is 4. The van der Waals surface area contributed by atoms with E-state index in [1.807, 2.05) is 32.0 Å². The first-order valence-electron chi connectivity index (χ1n) is 7.53. The third-order valence-electron chi connectivity index (χ3n) is 3.50. The maximum atomic E-state index is 12.1. The molecule has 0 saturated heterocycles. The van der Waals surface area contributed by atoms with Crippen LogP contribution in [0.3, 0.4) is 0 Å². The summed E-state index contributed by atoms with van der Waals surface area (Å²) >= 11 is 0. The number of carboxylic acids is 1. The van der Waals surface area contributed by atoms with Crippen LogP contribution in [0.1, 0.15) is 39.9 Å². The van der Waals surface area contributed by atoms with Crippen LogP contribution in [0.4, 0.5) is 0 Å². The predicted octanol–water partition coefficient (Wildman–Crippen LogP) is 2.70. The molecule has 0 spiro atoms. The van der Waals surface area contributed by atoms with E-state index >= 15 is 0 Å². The number of aliphatic carboxylic acids is 1. The number of carbonyl (C=O) groups excluding carboxylic acids is 1. The van der Waals surface area contributed by atoms with Crippen LogP contribution in [0.5, 0.6) is 0 Å². The second-order valence-electron chi connectivity index (χ2n) is 5.45. The normalized spacial score (nSPS) is 11.2. The van der Waals surface area contributed by atoms with Crippen molar-refractivity contribution in [3.8, 4) is 0 Å². The molecule has 2 rings (SSSR count). The van der Waals surface area contributed by atoms with Gasteiger partial charge in [0.15, 0.2) is 0 Å². The van der Waals surface area contributed by atoms with Crippen molar-refractivity contribution in [1.82, 2.24) is 10.4 Å². The Kier molecular flexibility index (Phi) is 5.78. The molecule has 1 heterocycles. The first kappa shape index (κ1) is 17.3. The predicted molar refractivity (Wildman–Crippen MR) is 91.0 cm³/mol. The summed E-state index contributed by atoms with van der Waals surface area (Å²) in [5, 5.41) is 13.1. The lowest BCUT2D eigenvalue weighted by Gasteiger charge is -2.10. The molecule has 2 N–H and O–H groups in total. The molecule has 0 bridgehead atoms. The van der Waals surface area contributed by atoms with Gasteiger partial charge in [-0.05, 0) is 31.5 Å². The molecular weight excluding hydrogens is 306 g/mol. The summed E-state index contributed by atoms with van der Waals surface area (Å²) in [6, 6.07) is 8.99. The van der Waals surface area contributed by atoms with Gasteiger partial charge < -0.3 is 5.11 Å². The number of benzene rings is 1. The lowest BCUT2D eigenvalue weighted by atomic mass is 9.99. The molecule has 2 aromatic rings. The number of hydrogen-bond donors (Lipinski definition) is 2. The molecule has 0 atom stereocenters. The number of nitrogens with one attached hydrogen (secondary N) is 1. The average Bonchev–Trinajstić information content (AvgIpc) is 2.56. The van der Waals surface area contributed by atoms with Gasteiger partial charge in [-0.3, -0.25) is 14.6 Å². The maximum Gasteiger partial charge on any atom is 0.303 e. The summed E-state index contributed by atoms with van der Waals surface area (Å²) in [6.45, 7) is 3.92. The summed E-state index contributed by atoms with van der Waals surface area (Å²) < 4.78 is 0. The molecule has 1 amide bonds. The van der Waals surface area contributed by atoms with Crippen LogP contribution < -0.4 is 5.43 Å². The summed E-state index contributed by atoms with van der Waals surface area (Å²) in [4.78, 5) is 26.8. The molecule has 124 valence electrons. The Hall–Kier alpha value is -3.02. The molecule has 0 fully saturated rings. The van der Waals surface area contributed by atoms with Crippen molar-refractivity contribution >= 4 is 17.6 Å². The average molecular weight is 325 g/mol. The lowest BCUT2D eigenvalue weighted by Crippen LogP contribution is -2.21. The van der Waals surface area contributed by atoms with Gasteiger partial charge in [0.25, 0.3) is 5.91 Å². The number of pyridine rings is 1. The number of aryl methyl sites for hydroxylation is 2. The number of nitrogens with zero attached hydrogens (tertiary/aromatic N) is 2. The molecule has 0 aliphatic carbocycles. The van der Waals surface area contributed by atoms with E-state index in [0.717, 1.165) is 16.7 Å². The Labute approximate surface area is 140 Å². The van der Waals surface area contributed by atoms with Crippen molar-refractivity contribution in [2.45, 2.75) is 26.7 Å². The zero-order valence-electron chi connectivity index (χ0n) is 13.6. The molecule has 0 aliphatic heterocycles. The van der Waals surface area contributed by atoms with Gasteiger partial charge in [-0.2, -0.15) is 5.10 Å². The van der Waals surface area contributed by atoms with Crippen molar-refractivity contribution in [2.75, 3.05) is 0 Å². The quantitative estimate of drug-likeness (QED) is 0.631. The number of rotatable bonds is 6. The molecule has 0 aliphatic rings. The highest BCUT2D eigenvalue weighted by Crippen LogP contribution is 2.14. The second-order valence-corrected chi connectivity index (χ2v) is 5.45. The van der Waals surface area contributed by atoms with Crippen molar-refractivity contribution in [1.29, 1.82) is 0 Å². The smallest absolute Gasteiger partial charge is 0.303 e. The van der Waals surface area contributed by atoms with E-state index in [1.165, 1.54) is 12.4 Å². The largest absolute Gasteiger partial charge is 0.481 e. The summed E-state index contributed by atoms with van der Waals surface area (Å²) in [7, 11) is 0. The zero-order chi connectivity index (χ0) is 17.5. The molecule has 1 aromatic heterocycles. The van der Waals surface area contributed by atoms with E-state index in [9.17, 15) is 9.59 Å². The highest BCUT2D eigenvalue weighted by molar-refractivity contribution is 6.04. The minimum atomic E-state index is -0.909. The van der Waals surface area contributed by atoms with Gasteiger partial charge in [-0.15, -0.1) is 0 Å². The maximum absolute atomic E-state index is 12.1. The van der Waals surface area contributed by atoms with Gasteiger partial charge in [0.2, 0.25) is 0 Å². The van der Waals surface area contributed by atoms with Gasteiger partial charge >= 0.3 is 5.97 Å². The lowest BCUT2D eigenvalue weighted by molar-refractivity contribution is -0.136. The van der Waals surface area contributed by atoms with E-state index in [2.05, 4.69) is 15.5 Å². The van der Waals surface area contributed by atoms with Gasteiger partial charge in [0.1, 0.15) is 0 Å². The Morgan fingerprint density at radius 1 is 1.12 bits per heavy atom. The topological polar surface area (TPSA) is 91.6 Å². The van der Waals surface area contributed by atoms with Gasteiger partial charge in [0, 0.05) is 29.9 Å². The van der Waals surface area contributed by atoms with Gasteiger partial charge in [-0.25, -0.2) is 5.43 Å². The number of carbonyl (C=O) groups is 2. The fourth-order valence-electron chi connectivity index (χ4n) is 2.30. The molecule has 6 heteroatoms. The highest BCUT2D eigenvalue weighted by atomic mass is 16.4. The molecule has 1 aromatic carbocycles. The van der Waals surface area contributed by atoms with Crippen LogP contribution in [-0.4, -0.2) is 27.7 Å². The highest BCUT2D eigenvalue weighted by Gasteiger charge is 2.11. The van der Waals surface area contributed by atoms with Crippen molar-refractivity contribution < 1.29 is 14.7 Å². The minimum Gasteiger partial charge on any atom is -0.481 e. The summed E-state index contributed by atoms with van der Waals surface area (Å²) in [5.41, 5.74) is 6.39. The van der Waals surface area contributed by atoms with E-state index in [-0.39, 0.29) is 18.7 Å². The minimum absolute atomic E-state index is 0.0583. The van der Waals surface area contributed by atoms with Crippen molar-refractivity contribution in [3.63, 3.8) is 0 Å². The number of aromatic nitrogens is 1. The van der Waals surface area contributed by atoms with Gasteiger partial charge in [-0.1, -0.05) is 23.8 Å². The summed E-state index contributed by atoms with van der Waals surface area (Å²) in [5.74, 6) is -1.28. The first-order chi connectivity index (χ1) is 11.5. The van der Waals surface area contributed by atoms with E-state index < -0.39 is 5.97 Å². The number of carboxylic acid groups (broad SMARTS) is 1. The van der Waals surface area contributed by atoms with Crippen molar-refractivity contribution in [2.24, 2.45) is 5.10 Å². The molecule has 0 saturated carbocycles. The third kappa shape index (κ3) is 4.74. The Balaban J connectivity index is 2.25. The fourth-order valence-corrected chi connectivity index (χ4v) is 2.30. The second kappa shape index (κ2) is 8.01. The Morgan fingerprint density at radius 2 is 1.83 bits per heavy atom. The standard InChI is InChI=1S/C18H19N3O3/c1-12-3-4-15(13(2)11-12)16(5-6-17(22)23)20-21-18(24)14-7-9-19-10-8-14/h3-4,7-11H,5-6H2,1-2H3,(H,21,24)(H,22,23)/b20-16-. The van der Waals surface area contributed by atoms with Crippen LogP contribution >= 0.6 is 0 Å².